The second-order valence-electron chi connectivity index (χ2n) is 4.80. The van der Waals surface area contributed by atoms with Crippen LogP contribution in [0.25, 0.3) is 0 Å². The molecular formula is C17H19BrN2O. The predicted octanol–water partition coefficient (Wildman–Crippen LogP) is 3.61. The van der Waals surface area contributed by atoms with Gasteiger partial charge in [-0.2, -0.15) is 0 Å². The van der Waals surface area contributed by atoms with Gasteiger partial charge < -0.3 is 10.6 Å². The lowest BCUT2D eigenvalue weighted by Gasteiger charge is -2.08. The number of carbonyl (C=O) groups excluding carboxylic acids is 1. The minimum atomic E-state index is 0.0167. The molecule has 0 aliphatic carbocycles. The summed E-state index contributed by atoms with van der Waals surface area (Å²) in [4.78, 5) is 11.7. The summed E-state index contributed by atoms with van der Waals surface area (Å²) in [6.07, 6.45) is 1.94. The first-order valence-electron chi connectivity index (χ1n) is 7.04. The average molecular weight is 347 g/mol. The number of halogens is 1. The summed E-state index contributed by atoms with van der Waals surface area (Å²) >= 11 is 3.40. The summed E-state index contributed by atoms with van der Waals surface area (Å²) in [6.45, 7) is 0.996. The van der Waals surface area contributed by atoms with Crippen molar-refractivity contribution in [2.75, 3.05) is 18.4 Å². The fourth-order valence-corrected chi connectivity index (χ4v) is 2.41. The van der Waals surface area contributed by atoms with Crippen LogP contribution in [0.5, 0.6) is 0 Å². The van der Waals surface area contributed by atoms with Gasteiger partial charge in [0, 0.05) is 16.7 Å². The summed E-state index contributed by atoms with van der Waals surface area (Å²) in [5, 5.41) is 6.03. The van der Waals surface area contributed by atoms with Gasteiger partial charge in [-0.05, 0) is 36.6 Å². The molecule has 0 bridgehead atoms. The van der Waals surface area contributed by atoms with Gasteiger partial charge in [0.2, 0.25) is 5.91 Å². The molecule has 21 heavy (non-hydrogen) atoms. The van der Waals surface area contributed by atoms with Crippen molar-refractivity contribution in [2.45, 2.75) is 12.8 Å². The van der Waals surface area contributed by atoms with Crippen LogP contribution in [0.4, 0.5) is 5.69 Å². The molecule has 3 nitrogen and oxygen atoms in total. The van der Waals surface area contributed by atoms with E-state index in [1.54, 1.807) is 0 Å². The number of anilines is 1. The standard InChI is InChI=1S/C17H19BrN2O/c18-15-9-4-10-16(12-15)20-13-17(21)19-11-5-8-14-6-2-1-3-7-14/h1-4,6-7,9-10,12,20H,5,8,11,13H2,(H,19,21). The van der Waals surface area contributed by atoms with Gasteiger partial charge in [0.1, 0.15) is 0 Å². The fourth-order valence-electron chi connectivity index (χ4n) is 2.01. The Morgan fingerprint density at radius 2 is 1.86 bits per heavy atom. The molecule has 0 saturated carbocycles. The van der Waals surface area contributed by atoms with Gasteiger partial charge in [-0.1, -0.05) is 52.3 Å². The molecular weight excluding hydrogens is 328 g/mol. The number of nitrogens with one attached hydrogen (secondary N) is 2. The number of hydrogen-bond acceptors (Lipinski definition) is 2. The highest BCUT2D eigenvalue weighted by atomic mass is 79.9. The lowest BCUT2D eigenvalue weighted by molar-refractivity contribution is -0.119. The van der Waals surface area contributed by atoms with Crippen LogP contribution in [0.1, 0.15) is 12.0 Å². The Balaban J connectivity index is 1.62. The van der Waals surface area contributed by atoms with E-state index < -0.39 is 0 Å². The van der Waals surface area contributed by atoms with Crippen molar-refractivity contribution >= 4 is 27.5 Å². The van der Waals surface area contributed by atoms with Gasteiger partial charge in [0.05, 0.1) is 6.54 Å². The number of carbonyl (C=O) groups is 1. The molecule has 0 unspecified atom stereocenters. The molecule has 110 valence electrons. The van der Waals surface area contributed by atoms with Gasteiger partial charge in [-0.15, -0.1) is 0 Å². The highest BCUT2D eigenvalue weighted by Crippen LogP contribution is 2.15. The van der Waals surface area contributed by atoms with Crippen molar-refractivity contribution in [1.29, 1.82) is 0 Å². The Morgan fingerprint density at radius 3 is 2.62 bits per heavy atom. The zero-order chi connectivity index (χ0) is 14.9. The maximum absolute atomic E-state index is 11.7. The fraction of sp³-hybridized carbons (Fsp3) is 0.235. The molecule has 0 aliphatic heterocycles. The lowest BCUT2D eigenvalue weighted by atomic mass is 10.1. The third kappa shape index (κ3) is 6.00. The van der Waals surface area contributed by atoms with E-state index in [9.17, 15) is 4.79 Å². The van der Waals surface area contributed by atoms with Crippen LogP contribution in [0, 0.1) is 0 Å². The van der Waals surface area contributed by atoms with E-state index in [-0.39, 0.29) is 5.91 Å². The molecule has 0 heterocycles. The first-order chi connectivity index (χ1) is 10.2. The minimum Gasteiger partial charge on any atom is -0.376 e. The van der Waals surface area contributed by atoms with Crippen molar-refractivity contribution in [1.82, 2.24) is 5.32 Å². The van der Waals surface area contributed by atoms with E-state index in [2.05, 4.69) is 38.7 Å². The van der Waals surface area contributed by atoms with E-state index >= 15 is 0 Å². The van der Waals surface area contributed by atoms with E-state index in [1.165, 1.54) is 5.56 Å². The van der Waals surface area contributed by atoms with Crippen LogP contribution in [0.2, 0.25) is 0 Å². The van der Waals surface area contributed by atoms with E-state index in [0.29, 0.717) is 13.1 Å². The highest BCUT2D eigenvalue weighted by Gasteiger charge is 2.01. The molecule has 0 saturated heterocycles. The molecule has 2 rings (SSSR count). The van der Waals surface area contributed by atoms with E-state index in [1.807, 2.05) is 42.5 Å². The van der Waals surface area contributed by atoms with Crippen molar-refractivity contribution in [3.8, 4) is 0 Å². The number of rotatable bonds is 7. The summed E-state index contributed by atoms with van der Waals surface area (Å²) < 4.78 is 0.996. The zero-order valence-electron chi connectivity index (χ0n) is 11.8. The van der Waals surface area contributed by atoms with Crippen LogP contribution in [0.3, 0.4) is 0 Å². The smallest absolute Gasteiger partial charge is 0.239 e. The monoisotopic (exact) mass is 346 g/mol. The predicted molar refractivity (Wildman–Crippen MR) is 90.4 cm³/mol. The Labute approximate surface area is 133 Å². The number of aryl methyl sites for hydroxylation is 1. The number of benzene rings is 2. The number of amides is 1. The Morgan fingerprint density at radius 1 is 1.05 bits per heavy atom. The first kappa shape index (κ1) is 15.6. The molecule has 0 radical (unpaired) electrons. The summed E-state index contributed by atoms with van der Waals surface area (Å²) in [5.41, 5.74) is 2.24. The van der Waals surface area contributed by atoms with Crippen LogP contribution < -0.4 is 10.6 Å². The second-order valence-corrected chi connectivity index (χ2v) is 5.72. The van der Waals surface area contributed by atoms with Crippen molar-refractivity contribution in [2.24, 2.45) is 0 Å². The topological polar surface area (TPSA) is 41.1 Å². The van der Waals surface area contributed by atoms with Gasteiger partial charge in [-0.25, -0.2) is 0 Å². The SMILES string of the molecule is O=C(CNc1cccc(Br)c1)NCCCc1ccccc1. The Bertz CT molecular complexity index is 572. The highest BCUT2D eigenvalue weighted by molar-refractivity contribution is 9.10. The Kier molecular flexibility index (Phi) is 6.28. The molecule has 0 aromatic heterocycles. The maximum atomic E-state index is 11.7. The maximum Gasteiger partial charge on any atom is 0.239 e. The van der Waals surface area contributed by atoms with Gasteiger partial charge in [0.25, 0.3) is 0 Å². The summed E-state index contributed by atoms with van der Waals surface area (Å²) in [6, 6.07) is 18.1. The normalized spacial score (nSPS) is 10.1. The van der Waals surface area contributed by atoms with Crippen LogP contribution in [-0.4, -0.2) is 19.0 Å². The zero-order valence-corrected chi connectivity index (χ0v) is 13.4. The van der Waals surface area contributed by atoms with Gasteiger partial charge >= 0.3 is 0 Å². The average Bonchev–Trinajstić information content (AvgIpc) is 2.51. The molecule has 0 aliphatic rings. The van der Waals surface area contributed by atoms with Crippen molar-refractivity contribution < 1.29 is 4.79 Å². The molecule has 0 atom stereocenters. The van der Waals surface area contributed by atoms with E-state index in [0.717, 1.165) is 23.0 Å². The van der Waals surface area contributed by atoms with Crippen LogP contribution >= 0.6 is 15.9 Å². The number of hydrogen-bond donors (Lipinski definition) is 2. The van der Waals surface area contributed by atoms with Crippen molar-refractivity contribution in [3.05, 3.63) is 64.6 Å². The molecule has 1 amide bonds. The van der Waals surface area contributed by atoms with Gasteiger partial charge in [0.15, 0.2) is 0 Å². The third-order valence-corrected chi connectivity index (χ3v) is 3.58. The largest absolute Gasteiger partial charge is 0.376 e. The summed E-state index contributed by atoms with van der Waals surface area (Å²) in [7, 11) is 0. The molecule has 2 aromatic rings. The summed E-state index contributed by atoms with van der Waals surface area (Å²) in [5.74, 6) is 0.0167. The molecule has 4 heteroatoms. The third-order valence-electron chi connectivity index (χ3n) is 3.08. The molecule has 2 N–H and O–H groups in total. The first-order valence-corrected chi connectivity index (χ1v) is 7.83. The lowest BCUT2D eigenvalue weighted by Crippen LogP contribution is -2.30. The second kappa shape index (κ2) is 8.47. The van der Waals surface area contributed by atoms with Gasteiger partial charge in [-0.3, -0.25) is 4.79 Å². The Hall–Kier alpha value is -1.81. The minimum absolute atomic E-state index is 0.0167. The molecule has 0 spiro atoms. The van der Waals surface area contributed by atoms with Crippen LogP contribution in [-0.2, 0) is 11.2 Å². The molecule has 2 aromatic carbocycles. The van der Waals surface area contributed by atoms with E-state index in [4.69, 9.17) is 0 Å². The quantitative estimate of drug-likeness (QED) is 0.752. The molecule has 0 fully saturated rings. The van der Waals surface area contributed by atoms with Crippen LogP contribution in [0.15, 0.2) is 59.1 Å². The van der Waals surface area contributed by atoms with Crippen molar-refractivity contribution in [3.63, 3.8) is 0 Å².